The monoisotopic (exact) mass is 265 g/mol. The van der Waals surface area contributed by atoms with E-state index in [1.165, 1.54) is 0 Å². The van der Waals surface area contributed by atoms with E-state index < -0.39 is 16.1 Å². The highest BCUT2D eigenvalue weighted by molar-refractivity contribution is 7.89. The van der Waals surface area contributed by atoms with Crippen LogP contribution in [0.1, 0.15) is 32.6 Å². The van der Waals surface area contributed by atoms with E-state index in [9.17, 15) is 13.5 Å². The van der Waals surface area contributed by atoms with E-state index in [0.29, 0.717) is 26.0 Å². The maximum absolute atomic E-state index is 12.1. The van der Waals surface area contributed by atoms with Crippen LogP contribution in [0.15, 0.2) is 0 Å². The summed E-state index contributed by atoms with van der Waals surface area (Å²) in [7, 11) is -1.62. The number of nitrogens with zero attached hydrogens (tertiary/aromatic N) is 1. The quantitative estimate of drug-likeness (QED) is 0.684. The summed E-state index contributed by atoms with van der Waals surface area (Å²) in [4.78, 5) is 0. The van der Waals surface area contributed by atoms with Gasteiger partial charge in [0.2, 0.25) is 10.0 Å². The Morgan fingerprint density at radius 3 is 2.82 bits per heavy atom. The number of sulfonamides is 1. The first-order valence-electron chi connectivity index (χ1n) is 6.14. The van der Waals surface area contributed by atoms with Gasteiger partial charge >= 0.3 is 0 Å². The summed E-state index contributed by atoms with van der Waals surface area (Å²) < 4.78 is 30.6. The van der Waals surface area contributed by atoms with Gasteiger partial charge < -0.3 is 9.84 Å². The third-order valence-corrected chi connectivity index (χ3v) is 5.04. The van der Waals surface area contributed by atoms with Crippen LogP contribution in [-0.2, 0) is 14.8 Å². The molecule has 17 heavy (non-hydrogen) atoms. The normalized spacial score (nSPS) is 24.1. The second kappa shape index (κ2) is 6.68. The van der Waals surface area contributed by atoms with Crippen LogP contribution in [0.2, 0.25) is 0 Å². The Balaban J connectivity index is 2.56. The standard InChI is InChI=1S/C11H23NO4S/c1-10(13)9-11-5-3-6-12(11)17(14,15)8-4-7-16-2/h10-11,13H,3-9H2,1-2H3. The van der Waals surface area contributed by atoms with E-state index in [2.05, 4.69) is 0 Å². The van der Waals surface area contributed by atoms with Crippen LogP contribution in [0.4, 0.5) is 0 Å². The van der Waals surface area contributed by atoms with Gasteiger partial charge in [0.1, 0.15) is 0 Å². The molecule has 0 aromatic rings. The first-order valence-corrected chi connectivity index (χ1v) is 7.75. The highest BCUT2D eigenvalue weighted by Gasteiger charge is 2.34. The first-order chi connectivity index (χ1) is 7.97. The van der Waals surface area contributed by atoms with Crippen LogP contribution in [-0.4, -0.2) is 56.0 Å². The van der Waals surface area contributed by atoms with Gasteiger partial charge in [-0.05, 0) is 32.6 Å². The van der Waals surface area contributed by atoms with Crippen molar-refractivity contribution >= 4 is 10.0 Å². The van der Waals surface area contributed by atoms with Crippen LogP contribution in [0, 0.1) is 0 Å². The van der Waals surface area contributed by atoms with Crippen molar-refractivity contribution in [1.82, 2.24) is 4.31 Å². The highest BCUT2D eigenvalue weighted by atomic mass is 32.2. The summed E-state index contributed by atoms with van der Waals surface area (Å²) in [5, 5.41) is 9.37. The summed E-state index contributed by atoms with van der Waals surface area (Å²) >= 11 is 0. The smallest absolute Gasteiger partial charge is 0.214 e. The van der Waals surface area contributed by atoms with Gasteiger partial charge in [-0.2, -0.15) is 4.31 Å². The van der Waals surface area contributed by atoms with Crippen LogP contribution in [0.25, 0.3) is 0 Å². The van der Waals surface area contributed by atoms with Crippen molar-refractivity contribution in [1.29, 1.82) is 0 Å². The van der Waals surface area contributed by atoms with Crippen LogP contribution in [0.3, 0.4) is 0 Å². The lowest BCUT2D eigenvalue weighted by atomic mass is 10.1. The summed E-state index contributed by atoms with van der Waals surface area (Å²) in [5.41, 5.74) is 0. The van der Waals surface area contributed by atoms with E-state index in [4.69, 9.17) is 4.74 Å². The largest absolute Gasteiger partial charge is 0.393 e. The number of hydrogen-bond donors (Lipinski definition) is 1. The zero-order chi connectivity index (χ0) is 12.9. The zero-order valence-electron chi connectivity index (χ0n) is 10.6. The number of hydrogen-bond acceptors (Lipinski definition) is 4. The Bertz CT molecular complexity index is 315. The molecular formula is C11H23NO4S. The molecule has 0 radical (unpaired) electrons. The van der Waals surface area contributed by atoms with Gasteiger partial charge in [0, 0.05) is 26.3 Å². The van der Waals surface area contributed by atoms with E-state index >= 15 is 0 Å². The Kier molecular flexibility index (Phi) is 5.85. The van der Waals surface area contributed by atoms with Gasteiger partial charge in [-0.3, -0.25) is 0 Å². The predicted molar refractivity (Wildman–Crippen MR) is 66.3 cm³/mol. The molecule has 0 bridgehead atoms. The van der Waals surface area contributed by atoms with Crippen LogP contribution in [0.5, 0.6) is 0 Å². The predicted octanol–water partition coefficient (Wildman–Crippen LogP) is 0.588. The molecule has 0 amide bonds. The third-order valence-electron chi connectivity index (χ3n) is 3.04. The van der Waals surface area contributed by atoms with Gasteiger partial charge in [0.25, 0.3) is 0 Å². The molecule has 2 unspecified atom stereocenters. The zero-order valence-corrected chi connectivity index (χ0v) is 11.4. The van der Waals surface area contributed by atoms with Crippen molar-refractivity contribution in [3.05, 3.63) is 0 Å². The number of rotatable bonds is 7. The first kappa shape index (κ1) is 14.9. The lowest BCUT2D eigenvalue weighted by molar-refractivity contribution is 0.157. The molecular weight excluding hydrogens is 242 g/mol. The molecule has 1 fully saturated rings. The molecule has 0 spiro atoms. The molecule has 0 aromatic carbocycles. The Morgan fingerprint density at radius 2 is 2.24 bits per heavy atom. The molecule has 1 heterocycles. The fraction of sp³-hybridized carbons (Fsp3) is 1.00. The highest BCUT2D eigenvalue weighted by Crippen LogP contribution is 2.25. The molecule has 1 aliphatic heterocycles. The molecule has 1 rings (SSSR count). The lowest BCUT2D eigenvalue weighted by Gasteiger charge is -2.24. The summed E-state index contributed by atoms with van der Waals surface area (Å²) in [6.45, 7) is 2.76. The minimum absolute atomic E-state index is 0.0254. The Morgan fingerprint density at radius 1 is 1.53 bits per heavy atom. The fourth-order valence-corrected chi connectivity index (χ4v) is 4.08. The second-order valence-electron chi connectivity index (χ2n) is 4.65. The van der Waals surface area contributed by atoms with Crippen molar-refractivity contribution in [3.8, 4) is 0 Å². The van der Waals surface area contributed by atoms with Gasteiger partial charge in [0.15, 0.2) is 0 Å². The van der Waals surface area contributed by atoms with Crippen molar-refractivity contribution in [2.24, 2.45) is 0 Å². The average Bonchev–Trinajstić information content (AvgIpc) is 2.65. The third kappa shape index (κ3) is 4.54. The van der Waals surface area contributed by atoms with Crippen molar-refractivity contribution in [2.75, 3.05) is 26.0 Å². The van der Waals surface area contributed by atoms with Crippen molar-refractivity contribution < 1.29 is 18.3 Å². The molecule has 5 nitrogen and oxygen atoms in total. The van der Waals surface area contributed by atoms with E-state index in [1.54, 1.807) is 18.3 Å². The maximum Gasteiger partial charge on any atom is 0.214 e. The van der Waals surface area contributed by atoms with Gasteiger partial charge in [-0.1, -0.05) is 0 Å². The molecule has 2 atom stereocenters. The van der Waals surface area contributed by atoms with Crippen LogP contribution >= 0.6 is 0 Å². The molecule has 0 aliphatic carbocycles. The molecule has 102 valence electrons. The van der Waals surface area contributed by atoms with Gasteiger partial charge in [-0.15, -0.1) is 0 Å². The van der Waals surface area contributed by atoms with E-state index in [-0.39, 0.29) is 11.8 Å². The minimum Gasteiger partial charge on any atom is -0.393 e. The minimum atomic E-state index is -3.18. The van der Waals surface area contributed by atoms with Gasteiger partial charge in [-0.25, -0.2) is 8.42 Å². The second-order valence-corrected chi connectivity index (χ2v) is 6.69. The summed E-state index contributed by atoms with van der Waals surface area (Å²) in [5.74, 6) is 0.136. The van der Waals surface area contributed by atoms with E-state index in [0.717, 1.165) is 12.8 Å². The molecule has 1 aliphatic rings. The number of aliphatic hydroxyl groups is 1. The molecule has 6 heteroatoms. The molecule has 1 saturated heterocycles. The Labute approximate surface area is 104 Å². The van der Waals surface area contributed by atoms with Crippen molar-refractivity contribution in [3.63, 3.8) is 0 Å². The molecule has 0 aromatic heterocycles. The SMILES string of the molecule is COCCCS(=O)(=O)N1CCCC1CC(C)O. The molecule has 1 N–H and O–H groups in total. The number of methoxy groups -OCH3 is 1. The summed E-state index contributed by atoms with van der Waals surface area (Å²) in [6, 6.07) is -0.0254. The van der Waals surface area contributed by atoms with Crippen molar-refractivity contribution in [2.45, 2.75) is 44.8 Å². The maximum atomic E-state index is 12.1. The fourth-order valence-electron chi connectivity index (χ4n) is 2.31. The van der Waals surface area contributed by atoms with Gasteiger partial charge in [0.05, 0.1) is 11.9 Å². The Hall–Kier alpha value is -0.170. The number of ether oxygens (including phenoxy) is 1. The van der Waals surface area contributed by atoms with Crippen LogP contribution < -0.4 is 0 Å². The lowest BCUT2D eigenvalue weighted by Crippen LogP contribution is -2.38. The topological polar surface area (TPSA) is 66.8 Å². The number of aliphatic hydroxyl groups excluding tert-OH is 1. The van der Waals surface area contributed by atoms with E-state index in [1.807, 2.05) is 0 Å². The summed E-state index contributed by atoms with van der Waals surface area (Å²) in [6.07, 6.45) is 2.35. The average molecular weight is 265 g/mol. The molecule has 0 saturated carbocycles.